The molecule has 0 amide bonds. The van der Waals surface area contributed by atoms with Gasteiger partial charge in [-0.05, 0) is 57.2 Å². The van der Waals surface area contributed by atoms with Crippen molar-refractivity contribution in [3.05, 3.63) is 23.7 Å². The lowest BCUT2D eigenvalue weighted by molar-refractivity contribution is 0.123. The quantitative estimate of drug-likeness (QED) is 0.905. The number of furan rings is 1. The average Bonchev–Trinajstić information content (AvgIpc) is 3.10. The Labute approximate surface area is 116 Å². The van der Waals surface area contributed by atoms with Gasteiger partial charge in [0.15, 0.2) is 0 Å². The van der Waals surface area contributed by atoms with E-state index in [1.165, 1.54) is 45.1 Å². The van der Waals surface area contributed by atoms with Gasteiger partial charge in [-0.3, -0.25) is 4.90 Å². The van der Waals surface area contributed by atoms with Crippen LogP contribution in [0.2, 0.25) is 0 Å². The van der Waals surface area contributed by atoms with Crippen LogP contribution in [-0.2, 0) is 0 Å². The number of rotatable bonds is 4. The largest absolute Gasteiger partial charge is 0.465 e. The summed E-state index contributed by atoms with van der Waals surface area (Å²) in [6.07, 6.45) is 8.33. The van der Waals surface area contributed by atoms with Crippen LogP contribution < -0.4 is 5.73 Å². The van der Waals surface area contributed by atoms with Crippen molar-refractivity contribution in [1.82, 2.24) is 4.90 Å². The summed E-state index contributed by atoms with van der Waals surface area (Å²) in [4.78, 5) is 2.63. The Morgan fingerprint density at radius 1 is 1.26 bits per heavy atom. The lowest BCUT2D eigenvalue weighted by Crippen LogP contribution is -2.40. The lowest BCUT2D eigenvalue weighted by atomic mass is 9.95. The van der Waals surface area contributed by atoms with Crippen LogP contribution in [0.5, 0.6) is 0 Å². The van der Waals surface area contributed by atoms with Gasteiger partial charge >= 0.3 is 0 Å². The van der Waals surface area contributed by atoms with E-state index in [1.807, 2.05) is 6.92 Å². The smallest absolute Gasteiger partial charge is 0.122 e. The van der Waals surface area contributed by atoms with Crippen molar-refractivity contribution >= 4 is 0 Å². The second-order valence-corrected chi connectivity index (χ2v) is 6.19. The Morgan fingerprint density at radius 2 is 2.05 bits per heavy atom. The maximum atomic E-state index is 6.05. The second kappa shape index (κ2) is 5.68. The minimum Gasteiger partial charge on any atom is -0.465 e. The minimum atomic E-state index is 0.279. The number of likely N-dealkylation sites (tertiary alicyclic amines) is 1. The standard InChI is InChI=1S/C16H26N2O/c1-12-8-9-16(19-12)15(11-17)18-10-4-7-14(18)13-5-2-3-6-13/h8-9,13-15H,2-7,10-11,17H2,1H3. The molecule has 3 rings (SSSR count). The molecule has 2 heterocycles. The van der Waals surface area contributed by atoms with Crippen molar-refractivity contribution in [2.75, 3.05) is 13.1 Å². The van der Waals surface area contributed by atoms with Crippen LogP contribution in [0.25, 0.3) is 0 Å². The zero-order valence-corrected chi connectivity index (χ0v) is 12.0. The summed E-state index contributed by atoms with van der Waals surface area (Å²) in [5, 5.41) is 0. The Kier molecular flexibility index (Phi) is 3.94. The molecule has 1 aromatic rings. The second-order valence-electron chi connectivity index (χ2n) is 6.19. The number of nitrogens with two attached hydrogens (primary N) is 1. The van der Waals surface area contributed by atoms with Gasteiger partial charge in [-0.25, -0.2) is 0 Å². The Bertz CT molecular complexity index is 409. The average molecular weight is 262 g/mol. The van der Waals surface area contributed by atoms with Crippen LogP contribution in [0.3, 0.4) is 0 Å². The molecule has 0 spiro atoms. The highest BCUT2D eigenvalue weighted by molar-refractivity contribution is 5.11. The molecule has 1 saturated carbocycles. The fourth-order valence-electron chi connectivity index (χ4n) is 4.10. The van der Waals surface area contributed by atoms with Crippen LogP contribution in [0.15, 0.2) is 16.5 Å². The summed E-state index contributed by atoms with van der Waals surface area (Å²) in [7, 11) is 0. The Morgan fingerprint density at radius 3 is 2.68 bits per heavy atom. The molecular weight excluding hydrogens is 236 g/mol. The Balaban J connectivity index is 1.77. The molecule has 1 aliphatic carbocycles. The molecule has 106 valence electrons. The van der Waals surface area contributed by atoms with Crippen molar-refractivity contribution in [3.8, 4) is 0 Å². The predicted octanol–water partition coefficient (Wildman–Crippen LogP) is 3.24. The van der Waals surface area contributed by atoms with Gasteiger partial charge in [0, 0.05) is 12.6 Å². The van der Waals surface area contributed by atoms with Gasteiger partial charge in [0.05, 0.1) is 6.04 Å². The van der Waals surface area contributed by atoms with E-state index in [9.17, 15) is 0 Å². The van der Waals surface area contributed by atoms with Crippen molar-refractivity contribution in [2.45, 2.75) is 57.5 Å². The van der Waals surface area contributed by atoms with Crippen molar-refractivity contribution in [2.24, 2.45) is 11.7 Å². The third kappa shape index (κ3) is 2.59. The van der Waals surface area contributed by atoms with Gasteiger partial charge in [0.1, 0.15) is 11.5 Å². The first-order chi connectivity index (χ1) is 9.29. The molecule has 2 aliphatic rings. The molecule has 2 fully saturated rings. The van der Waals surface area contributed by atoms with Crippen LogP contribution in [-0.4, -0.2) is 24.0 Å². The van der Waals surface area contributed by atoms with Gasteiger partial charge in [-0.1, -0.05) is 12.8 Å². The molecule has 2 N–H and O–H groups in total. The fraction of sp³-hybridized carbons (Fsp3) is 0.750. The summed E-state index contributed by atoms with van der Waals surface area (Å²) in [5.41, 5.74) is 6.05. The molecule has 2 unspecified atom stereocenters. The zero-order chi connectivity index (χ0) is 13.2. The topological polar surface area (TPSA) is 42.4 Å². The highest BCUT2D eigenvalue weighted by atomic mass is 16.3. The molecule has 0 radical (unpaired) electrons. The van der Waals surface area contributed by atoms with E-state index in [2.05, 4.69) is 17.0 Å². The maximum absolute atomic E-state index is 6.05. The van der Waals surface area contributed by atoms with E-state index in [0.717, 1.165) is 23.5 Å². The highest BCUT2D eigenvalue weighted by Crippen LogP contribution is 2.39. The first-order valence-corrected chi connectivity index (χ1v) is 7.81. The first kappa shape index (κ1) is 13.2. The number of nitrogens with zero attached hydrogens (tertiary/aromatic N) is 1. The molecule has 1 aromatic heterocycles. The van der Waals surface area contributed by atoms with Gasteiger partial charge in [0.25, 0.3) is 0 Å². The van der Waals surface area contributed by atoms with Gasteiger partial charge in [-0.2, -0.15) is 0 Å². The SMILES string of the molecule is Cc1ccc(C(CN)N2CCCC2C2CCCC2)o1. The third-order valence-electron chi connectivity index (χ3n) is 5.00. The van der Waals surface area contributed by atoms with Crippen LogP contribution in [0, 0.1) is 12.8 Å². The van der Waals surface area contributed by atoms with E-state index >= 15 is 0 Å². The first-order valence-electron chi connectivity index (χ1n) is 7.81. The summed E-state index contributed by atoms with van der Waals surface area (Å²) in [6.45, 7) is 3.86. The number of hydrogen-bond acceptors (Lipinski definition) is 3. The molecule has 0 aromatic carbocycles. The molecular formula is C16H26N2O. The minimum absolute atomic E-state index is 0.279. The molecule has 1 aliphatic heterocycles. The van der Waals surface area contributed by atoms with E-state index in [-0.39, 0.29) is 6.04 Å². The van der Waals surface area contributed by atoms with E-state index < -0.39 is 0 Å². The predicted molar refractivity (Wildman–Crippen MR) is 76.9 cm³/mol. The van der Waals surface area contributed by atoms with E-state index in [4.69, 9.17) is 10.2 Å². The highest BCUT2D eigenvalue weighted by Gasteiger charge is 2.37. The number of hydrogen-bond donors (Lipinski definition) is 1. The van der Waals surface area contributed by atoms with Gasteiger partial charge in [0.2, 0.25) is 0 Å². The molecule has 2 atom stereocenters. The molecule has 1 saturated heterocycles. The fourth-order valence-corrected chi connectivity index (χ4v) is 4.10. The van der Waals surface area contributed by atoms with Crippen LogP contribution >= 0.6 is 0 Å². The van der Waals surface area contributed by atoms with E-state index in [1.54, 1.807) is 0 Å². The van der Waals surface area contributed by atoms with Crippen molar-refractivity contribution in [3.63, 3.8) is 0 Å². The maximum Gasteiger partial charge on any atom is 0.122 e. The summed E-state index contributed by atoms with van der Waals surface area (Å²) >= 11 is 0. The van der Waals surface area contributed by atoms with Gasteiger partial charge in [-0.15, -0.1) is 0 Å². The molecule has 19 heavy (non-hydrogen) atoms. The lowest BCUT2D eigenvalue weighted by Gasteiger charge is -2.34. The summed E-state index contributed by atoms with van der Waals surface area (Å²) in [6, 6.07) is 5.18. The monoisotopic (exact) mass is 262 g/mol. The van der Waals surface area contributed by atoms with Crippen molar-refractivity contribution < 1.29 is 4.42 Å². The Hall–Kier alpha value is -0.800. The third-order valence-corrected chi connectivity index (χ3v) is 5.00. The summed E-state index contributed by atoms with van der Waals surface area (Å²) < 4.78 is 5.84. The zero-order valence-electron chi connectivity index (χ0n) is 12.0. The van der Waals surface area contributed by atoms with Crippen LogP contribution in [0.4, 0.5) is 0 Å². The number of aryl methyl sites for hydroxylation is 1. The normalized spacial score (nSPS) is 27.2. The van der Waals surface area contributed by atoms with Gasteiger partial charge < -0.3 is 10.2 Å². The molecule has 3 nitrogen and oxygen atoms in total. The summed E-state index contributed by atoms with van der Waals surface area (Å²) in [5.74, 6) is 2.95. The van der Waals surface area contributed by atoms with Crippen molar-refractivity contribution in [1.29, 1.82) is 0 Å². The van der Waals surface area contributed by atoms with E-state index in [0.29, 0.717) is 6.54 Å². The van der Waals surface area contributed by atoms with Crippen LogP contribution in [0.1, 0.15) is 56.1 Å². The molecule has 3 heteroatoms. The molecule has 0 bridgehead atoms.